The van der Waals surface area contributed by atoms with E-state index in [4.69, 9.17) is 0 Å². The highest BCUT2D eigenvalue weighted by molar-refractivity contribution is 5.89. The number of amides is 2. The molecule has 1 saturated heterocycles. The first-order valence-corrected chi connectivity index (χ1v) is 10.2. The molecule has 2 unspecified atom stereocenters. The van der Waals surface area contributed by atoms with Gasteiger partial charge in [0.2, 0.25) is 0 Å². The van der Waals surface area contributed by atoms with Crippen LogP contribution in [-0.2, 0) is 6.54 Å². The van der Waals surface area contributed by atoms with Crippen LogP contribution in [-0.4, -0.2) is 28.6 Å². The van der Waals surface area contributed by atoms with Gasteiger partial charge in [0, 0.05) is 54.1 Å². The molecule has 0 spiro atoms. The Morgan fingerprint density at radius 2 is 1.67 bits per heavy atom. The minimum atomic E-state index is -0.310. The SMILES string of the molecule is O=C(Nc1ccccc1)N1CC2CC(C1)c1c(-c3ccccc3F)ccc(=O)n1C2. The number of urea groups is 1. The zero-order valence-electron chi connectivity index (χ0n) is 16.4. The second-order valence-corrected chi connectivity index (χ2v) is 8.06. The maximum Gasteiger partial charge on any atom is 0.321 e. The molecule has 1 aromatic heterocycles. The summed E-state index contributed by atoms with van der Waals surface area (Å²) < 4.78 is 16.3. The largest absolute Gasteiger partial charge is 0.324 e. The topological polar surface area (TPSA) is 54.3 Å². The van der Waals surface area contributed by atoms with Gasteiger partial charge in [0.15, 0.2) is 0 Å². The van der Waals surface area contributed by atoms with Crippen LogP contribution in [0.5, 0.6) is 0 Å². The van der Waals surface area contributed by atoms with Crippen LogP contribution in [0.2, 0.25) is 0 Å². The maximum atomic E-state index is 14.6. The molecule has 152 valence electrons. The van der Waals surface area contributed by atoms with E-state index in [0.717, 1.165) is 23.4 Å². The van der Waals surface area contributed by atoms with Crippen molar-refractivity contribution in [2.75, 3.05) is 18.4 Å². The Morgan fingerprint density at radius 1 is 0.900 bits per heavy atom. The molecule has 0 aliphatic carbocycles. The molecular formula is C24H22FN3O2. The van der Waals surface area contributed by atoms with Gasteiger partial charge in [-0.3, -0.25) is 4.79 Å². The lowest BCUT2D eigenvalue weighted by Crippen LogP contribution is -2.50. The van der Waals surface area contributed by atoms with E-state index in [9.17, 15) is 14.0 Å². The number of carbonyl (C=O) groups is 1. The quantitative estimate of drug-likeness (QED) is 0.693. The highest BCUT2D eigenvalue weighted by Crippen LogP contribution is 2.40. The van der Waals surface area contributed by atoms with Crippen LogP contribution < -0.4 is 10.9 Å². The number of halogens is 1. The first kappa shape index (κ1) is 18.6. The summed E-state index contributed by atoms with van der Waals surface area (Å²) in [7, 11) is 0. The summed E-state index contributed by atoms with van der Waals surface area (Å²) in [5.74, 6) is -0.121. The molecule has 2 bridgehead atoms. The molecule has 0 saturated carbocycles. The van der Waals surface area contributed by atoms with Gasteiger partial charge in [0.05, 0.1) is 0 Å². The summed E-state index contributed by atoms with van der Waals surface area (Å²) in [5, 5.41) is 2.95. The fraction of sp³-hybridized carbons (Fsp3) is 0.250. The molecule has 2 aromatic carbocycles. The van der Waals surface area contributed by atoms with E-state index in [0.29, 0.717) is 25.2 Å². The normalized spacial score (nSPS) is 19.8. The standard InChI is InChI=1S/C24H22FN3O2/c25-21-9-5-4-8-19(21)20-10-11-22(29)28-14-16-12-17(23(20)28)15-27(13-16)24(30)26-18-6-2-1-3-7-18/h1-11,16-17H,12-15H2,(H,26,30). The third kappa shape index (κ3) is 3.28. The van der Waals surface area contributed by atoms with E-state index in [-0.39, 0.29) is 29.2 Å². The number of anilines is 1. The molecular weight excluding hydrogens is 381 g/mol. The van der Waals surface area contributed by atoms with Crippen LogP contribution in [0, 0.1) is 11.7 Å². The number of rotatable bonds is 2. The molecule has 0 radical (unpaired) electrons. The lowest BCUT2D eigenvalue weighted by molar-refractivity contribution is 0.140. The molecule has 5 rings (SSSR count). The van der Waals surface area contributed by atoms with Crippen molar-refractivity contribution in [3.8, 4) is 11.1 Å². The zero-order chi connectivity index (χ0) is 20.7. The first-order chi connectivity index (χ1) is 14.6. The van der Waals surface area contributed by atoms with Crippen molar-refractivity contribution in [1.82, 2.24) is 9.47 Å². The molecule has 2 aliphatic rings. The Kier molecular flexibility index (Phi) is 4.62. The number of fused-ring (bicyclic) bond motifs is 4. The van der Waals surface area contributed by atoms with E-state index >= 15 is 0 Å². The minimum absolute atomic E-state index is 0.0115. The van der Waals surface area contributed by atoms with Gasteiger partial charge >= 0.3 is 6.03 Å². The molecule has 6 heteroatoms. The Hall–Kier alpha value is -3.41. The molecule has 2 aliphatic heterocycles. The smallest absolute Gasteiger partial charge is 0.321 e. The average molecular weight is 403 g/mol. The Balaban J connectivity index is 1.49. The van der Waals surface area contributed by atoms with Crippen molar-refractivity contribution in [2.24, 2.45) is 5.92 Å². The fourth-order valence-electron chi connectivity index (χ4n) is 4.81. The first-order valence-electron chi connectivity index (χ1n) is 10.2. The third-order valence-corrected chi connectivity index (χ3v) is 6.07. The maximum absolute atomic E-state index is 14.6. The molecule has 1 N–H and O–H groups in total. The molecule has 3 heterocycles. The van der Waals surface area contributed by atoms with Crippen LogP contribution in [0.1, 0.15) is 18.0 Å². The molecule has 30 heavy (non-hydrogen) atoms. The van der Waals surface area contributed by atoms with Gasteiger partial charge in [0.1, 0.15) is 5.82 Å². The number of piperidine rings is 1. The summed E-state index contributed by atoms with van der Waals surface area (Å²) in [6.07, 6.45) is 0.889. The van der Waals surface area contributed by atoms with Crippen LogP contribution in [0.25, 0.3) is 11.1 Å². The van der Waals surface area contributed by atoms with Gasteiger partial charge < -0.3 is 14.8 Å². The average Bonchev–Trinajstić information content (AvgIpc) is 2.75. The third-order valence-electron chi connectivity index (χ3n) is 6.07. The van der Waals surface area contributed by atoms with Gasteiger partial charge in [0.25, 0.3) is 5.56 Å². The van der Waals surface area contributed by atoms with Gasteiger partial charge in [-0.25, -0.2) is 9.18 Å². The number of nitrogens with zero attached hydrogens (tertiary/aromatic N) is 2. The summed E-state index contributed by atoms with van der Waals surface area (Å²) in [6.45, 7) is 1.65. The number of aromatic nitrogens is 1. The number of nitrogens with one attached hydrogen (secondary N) is 1. The molecule has 5 nitrogen and oxygen atoms in total. The second-order valence-electron chi connectivity index (χ2n) is 8.06. The summed E-state index contributed by atoms with van der Waals surface area (Å²) >= 11 is 0. The molecule has 2 atom stereocenters. The molecule has 3 aromatic rings. The lowest BCUT2D eigenvalue weighted by atomic mass is 9.80. The Bertz CT molecular complexity index is 1160. The van der Waals surface area contributed by atoms with Crippen molar-refractivity contribution < 1.29 is 9.18 Å². The minimum Gasteiger partial charge on any atom is -0.324 e. The summed E-state index contributed by atoms with van der Waals surface area (Å²) in [4.78, 5) is 27.3. The van der Waals surface area contributed by atoms with E-state index in [1.54, 1.807) is 28.8 Å². The highest BCUT2D eigenvalue weighted by Gasteiger charge is 2.38. The van der Waals surface area contributed by atoms with Gasteiger partial charge in [-0.05, 0) is 36.6 Å². The lowest BCUT2D eigenvalue weighted by Gasteiger charge is -2.43. The number of benzene rings is 2. The number of carbonyl (C=O) groups excluding carboxylic acids is 1. The Morgan fingerprint density at radius 3 is 2.47 bits per heavy atom. The number of para-hydroxylation sites is 1. The van der Waals surface area contributed by atoms with E-state index in [1.165, 1.54) is 12.1 Å². The fourth-order valence-corrected chi connectivity index (χ4v) is 4.81. The Labute approximate surface area is 173 Å². The van der Waals surface area contributed by atoms with Crippen LogP contribution in [0.4, 0.5) is 14.9 Å². The number of hydrogen-bond donors (Lipinski definition) is 1. The van der Waals surface area contributed by atoms with Crippen molar-refractivity contribution in [3.05, 3.63) is 88.6 Å². The van der Waals surface area contributed by atoms with Crippen molar-refractivity contribution >= 4 is 11.7 Å². The van der Waals surface area contributed by atoms with E-state index in [2.05, 4.69) is 5.32 Å². The van der Waals surface area contributed by atoms with Crippen LogP contribution in [0.15, 0.2) is 71.5 Å². The van der Waals surface area contributed by atoms with Crippen LogP contribution in [0.3, 0.4) is 0 Å². The number of likely N-dealkylation sites (tertiary alicyclic amines) is 1. The predicted octanol–water partition coefficient (Wildman–Crippen LogP) is 4.31. The van der Waals surface area contributed by atoms with Gasteiger partial charge in [-0.1, -0.05) is 36.4 Å². The molecule has 2 amide bonds. The number of pyridine rings is 1. The van der Waals surface area contributed by atoms with E-state index in [1.807, 2.05) is 35.2 Å². The van der Waals surface area contributed by atoms with Crippen molar-refractivity contribution in [3.63, 3.8) is 0 Å². The van der Waals surface area contributed by atoms with Crippen molar-refractivity contribution in [1.29, 1.82) is 0 Å². The summed E-state index contributed by atoms with van der Waals surface area (Å²) in [6, 6.07) is 19.1. The number of hydrogen-bond acceptors (Lipinski definition) is 2. The predicted molar refractivity (Wildman–Crippen MR) is 114 cm³/mol. The monoisotopic (exact) mass is 403 g/mol. The molecule has 1 fully saturated rings. The highest BCUT2D eigenvalue weighted by atomic mass is 19.1. The van der Waals surface area contributed by atoms with Gasteiger partial charge in [-0.15, -0.1) is 0 Å². The van der Waals surface area contributed by atoms with E-state index < -0.39 is 0 Å². The van der Waals surface area contributed by atoms with Crippen molar-refractivity contribution in [2.45, 2.75) is 18.9 Å². The zero-order valence-corrected chi connectivity index (χ0v) is 16.4. The second kappa shape index (κ2) is 7.44. The van der Waals surface area contributed by atoms with Gasteiger partial charge in [-0.2, -0.15) is 0 Å². The summed E-state index contributed by atoms with van der Waals surface area (Å²) in [5.41, 5.74) is 2.75. The van der Waals surface area contributed by atoms with Crippen LogP contribution >= 0.6 is 0 Å².